The molecular formula is C18H32N2O3. The number of hydrogen-bond acceptors (Lipinski definition) is 4. The number of rotatable bonds is 4. The van der Waals surface area contributed by atoms with Gasteiger partial charge in [-0.25, -0.2) is 0 Å². The molecule has 23 heavy (non-hydrogen) atoms. The van der Waals surface area contributed by atoms with Crippen molar-refractivity contribution in [3.63, 3.8) is 0 Å². The number of carbonyl (C=O) groups excluding carboxylic acids is 1. The van der Waals surface area contributed by atoms with Crippen LogP contribution in [-0.2, 0) is 4.79 Å². The molecule has 0 radical (unpaired) electrons. The minimum atomic E-state index is -0.0317. The van der Waals surface area contributed by atoms with Gasteiger partial charge in [-0.3, -0.25) is 9.69 Å². The number of amides is 1. The zero-order valence-electron chi connectivity index (χ0n) is 14.3. The van der Waals surface area contributed by atoms with Crippen molar-refractivity contribution >= 4 is 5.91 Å². The summed E-state index contributed by atoms with van der Waals surface area (Å²) in [6, 6.07) is 0.248. The van der Waals surface area contributed by atoms with Gasteiger partial charge in [-0.2, -0.15) is 0 Å². The highest BCUT2D eigenvalue weighted by Gasteiger charge is 2.47. The van der Waals surface area contributed by atoms with Gasteiger partial charge in [-0.15, -0.1) is 0 Å². The molecule has 3 fully saturated rings. The Morgan fingerprint density at radius 1 is 1.00 bits per heavy atom. The van der Waals surface area contributed by atoms with E-state index in [1.807, 2.05) is 0 Å². The van der Waals surface area contributed by atoms with Crippen LogP contribution in [0.2, 0.25) is 0 Å². The minimum Gasteiger partial charge on any atom is -0.396 e. The first-order chi connectivity index (χ1) is 11.2. The van der Waals surface area contributed by atoms with Gasteiger partial charge in [0, 0.05) is 24.6 Å². The number of nitrogens with zero attached hydrogens (tertiary/aromatic N) is 2. The number of aliphatic hydroxyl groups is 2. The van der Waals surface area contributed by atoms with Crippen molar-refractivity contribution in [3.8, 4) is 0 Å². The summed E-state index contributed by atoms with van der Waals surface area (Å²) >= 11 is 0. The molecule has 1 aliphatic carbocycles. The van der Waals surface area contributed by atoms with Crippen LogP contribution in [0.5, 0.6) is 0 Å². The molecule has 5 heteroatoms. The van der Waals surface area contributed by atoms with Crippen LogP contribution in [0.15, 0.2) is 0 Å². The zero-order chi connectivity index (χ0) is 16.3. The van der Waals surface area contributed by atoms with E-state index in [1.165, 1.54) is 12.8 Å². The fourth-order valence-electron chi connectivity index (χ4n) is 4.99. The Kier molecular flexibility index (Phi) is 5.60. The molecule has 2 N–H and O–H groups in total. The van der Waals surface area contributed by atoms with E-state index >= 15 is 0 Å². The van der Waals surface area contributed by atoms with Crippen LogP contribution >= 0.6 is 0 Å². The minimum absolute atomic E-state index is 0.0317. The second kappa shape index (κ2) is 7.49. The summed E-state index contributed by atoms with van der Waals surface area (Å²) in [5.41, 5.74) is -0.0317. The van der Waals surface area contributed by atoms with Crippen molar-refractivity contribution < 1.29 is 15.0 Å². The van der Waals surface area contributed by atoms with Crippen LogP contribution in [0.4, 0.5) is 0 Å². The van der Waals surface area contributed by atoms with Crippen LogP contribution in [0.1, 0.15) is 51.4 Å². The van der Waals surface area contributed by atoms with Crippen molar-refractivity contribution in [1.29, 1.82) is 0 Å². The maximum atomic E-state index is 12.9. The van der Waals surface area contributed by atoms with E-state index in [1.54, 1.807) is 0 Å². The number of aliphatic hydroxyl groups excluding tert-OH is 2. The predicted molar refractivity (Wildman–Crippen MR) is 89.0 cm³/mol. The highest BCUT2D eigenvalue weighted by Crippen LogP contribution is 2.45. The zero-order valence-corrected chi connectivity index (χ0v) is 14.3. The molecule has 1 amide bonds. The highest BCUT2D eigenvalue weighted by molar-refractivity contribution is 5.79. The van der Waals surface area contributed by atoms with Crippen molar-refractivity contribution in [2.24, 2.45) is 11.3 Å². The van der Waals surface area contributed by atoms with E-state index in [0.717, 1.165) is 58.2 Å². The van der Waals surface area contributed by atoms with E-state index in [-0.39, 0.29) is 30.6 Å². The van der Waals surface area contributed by atoms with Gasteiger partial charge >= 0.3 is 0 Å². The maximum Gasteiger partial charge on any atom is 0.237 e. The van der Waals surface area contributed by atoms with E-state index in [2.05, 4.69) is 9.80 Å². The number of carbonyl (C=O) groups is 1. The lowest BCUT2D eigenvalue weighted by Crippen LogP contribution is -2.59. The van der Waals surface area contributed by atoms with Gasteiger partial charge in [0.15, 0.2) is 0 Å². The van der Waals surface area contributed by atoms with Crippen LogP contribution in [-0.4, -0.2) is 71.4 Å². The molecule has 0 aromatic heterocycles. The average molecular weight is 324 g/mol. The number of piperidine rings is 2. The first kappa shape index (κ1) is 17.2. The molecule has 132 valence electrons. The molecule has 1 saturated carbocycles. The SMILES string of the molecule is O=C(CN1CCC(CO)CC1)N1CCC[C@@]2(CO)CCCC[C@H]12. The molecule has 2 atom stereocenters. The predicted octanol–water partition coefficient (Wildman–Crippen LogP) is 1.23. The van der Waals surface area contributed by atoms with Gasteiger partial charge < -0.3 is 15.1 Å². The van der Waals surface area contributed by atoms with Crippen molar-refractivity contribution in [3.05, 3.63) is 0 Å². The molecule has 0 unspecified atom stereocenters. The normalized spacial score (nSPS) is 33.5. The van der Waals surface area contributed by atoms with Gasteiger partial charge in [-0.05, 0) is 57.5 Å². The summed E-state index contributed by atoms with van der Waals surface area (Å²) in [4.78, 5) is 17.2. The van der Waals surface area contributed by atoms with E-state index < -0.39 is 0 Å². The van der Waals surface area contributed by atoms with Crippen LogP contribution in [0.3, 0.4) is 0 Å². The molecule has 2 saturated heterocycles. The third-order valence-corrected chi connectivity index (χ3v) is 6.52. The molecule has 5 nitrogen and oxygen atoms in total. The largest absolute Gasteiger partial charge is 0.396 e. The highest BCUT2D eigenvalue weighted by atomic mass is 16.3. The summed E-state index contributed by atoms with van der Waals surface area (Å²) < 4.78 is 0. The summed E-state index contributed by atoms with van der Waals surface area (Å²) in [7, 11) is 0. The molecule has 0 bridgehead atoms. The summed E-state index contributed by atoms with van der Waals surface area (Å²) in [6.45, 7) is 3.70. The summed E-state index contributed by atoms with van der Waals surface area (Å²) in [5.74, 6) is 0.661. The van der Waals surface area contributed by atoms with Crippen LogP contribution in [0.25, 0.3) is 0 Å². The fourth-order valence-corrected chi connectivity index (χ4v) is 4.99. The number of fused-ring (bicyclic) bond motifs is 1. The third-order valence-electron chi connectivity index (χ3n) is 6.52. The van der Waals surface area contributed by atoms with Crippen molar-refractivity contribution in [2.45, 2.75) is 57.4 Å². The lowest BCUT2D eigenvalue weighted by atomic mass is 9.65. The molecule has 3 rings (SSSR count). The lowest BCUT2D eigenvalue weighted by molar-refractivity contribution is -0.145. The lowest BCUT2D eigenvalue weighted by Gasteiger charge is -2.52. The van der Waals surface area contributed by atoms with Gasteiger partial charge in [0.05, 0.1) is 13.2 Å². The first-order valence-corrected chi connectivity index (χ1v) is 9.42. The Morgan fingerprint density at radius 3 is 2.43 bits per heavy atom. The second-order valence-electron chi connectivity index (χ2n) is 7.87. The Morgan fingerprint density at radius 2 is 1.74 bits per heavy atom. The second-order valence-corrected chi connectivity index (χ2v) is 7.87. The summed E-state index contributed by atoms with van der Waals surface area (Å²) in [6.07, 6.45) is 8.57. The Hall–Kier alpha value is -0.650. The van der Waals surface area contributed by atoms with Gasteiger partial charge in [0.2, 0.25) is 5.91 Å². The Labute approximate surface area is 139 Å². The van der Waals surface area contributed by atoms with E-state index in [4.69, 9.17) is 0 Å². The van der Waals surface area contributed by atoms with Gasteiger partial charge in [0.1, 0.15) is 0 Å². The molecular weight excluding hydrogens is 292 g/mol. The standard InChI is InChI=1S/C18H32N2O3/c21-13-15-5-10-19(11-6-15)12-17(23)20-9-3-8-18(14-22)7-2-1-4-16(18)20/h15-16,21-22H,1-14H2/t16-,18+/m0/s1. The van der Waals surface area contributed by atoms with Gasteiger partial charge in [0.25, 0.3) is 0 Å². The Balaban J connectivity index is 1.60. The monoisotopic (exact) mass is 324 g/mol. The molecule has 3 aliphatic rings. The van der Waals surface area contributed by atoms with Crippen molar-refractivity contribution in [2.75, 3.05) is 39.4 Å². The van der Waals surface area contributed by atoms with Crippen molar-refractivity contribution in [1.82, 2.24) is 9.80 Å². The summed E-state index contributed by atoms with van der Waals surface area (Å²) in [5, 5.41) is 19.2. The first-order valence-electron chi connectivity index (χ1n) is 9.42. The molecule has 0 aromatic carbocycles. The van der Waals surface area contributed by atoms with E-state index in [0.29, 0.717) is 12.5 Å². The molecule has 0 spiro atoms. The smallest absolute Gasteiger partial charge is 0.237 e. The molecule has 0 aromatic rings. The number of likely N-dealkylation sites (tertiary alicyclic amines) is 2. The fraction of sp³-hybridized carbons (Fsp3) is 0.944. The number of hydrogen-bond donors (Lipinski definition) is 2. The van der Waals surface area contributed by atoms with Gasteiger partial charge in [-0.1, -0.05) is 12.8 Å². The molecule has 2 heterocycles. The quantitative estimate of drug-likeness (QED) is 0.816. The average Bonchev–Trinajstić information content (AvgIpc) is 2.61. The topological polar surface area (TPSA) is 64.0 Å². The third kappa shape index (κ3) is 3.57. The molecule has 2 aliphatic heterocycles. The maximum absolute atomic E-state index is 12.9. The van der Waals surface area contributed by atoms with Crippen LogP contribution in [0, 0.1) is 11.3 Å². The van der Waals surface area contributed by atoms with E-state index in [9.17, 15) is 15.0 Å². The Bertz CT molecular complexity index is 405. The van der Waals surface area contributed by atoms with Crippen LogP contribution < -0.4 is 0 Å².